The summed E-state index contributed by atoms with van der Waals surface area (Å²) < 4.78 is 5.66. The van der Waals surface area contributed by atoms with Gasteiger partial charge >= 0.3 is 0 Å². The fourth-order valence-corrected chi connectivity index (χ4v) is 2.03. The van der Waals surface area contributed by atoms with Crippen molar-refractivity contribution in [2.75, 3.05) is 0 Å². The van der Waals surface area contributed by atoms with Gasteiger partial charge < -0.3 is 9.84 Å². The fraction of sp³-hybridized carbons (Fsp3) is 0.562. The van der Waals surface area contributed by atoms with Crippen LogP contribution in [-0.2, 0) is 4.79 Å². The second-order valence-electron chi connectivity index (χ2n) is 6.03. The predicted octanol–water partition coefficient (Wildman–Crippen LogP) is 3.07. The van der Waals surface area contributed by atoms with Crippen LogP contribution in [0.3, 0.4) is 0 Å². The number of aliphatic hydroxyl groups excluding tert-OH is 1. The molecule has 0 saturated carbocycles. The van der Waals surface area contributed by atoms with E-state index in [2.05, 4.69) is 0 Å². The van der Waals surface area contributed by atoms with Crippen LogP contribution in [-0.4, -0.2) is 23.1 Å². The van der Waals surface area contributed by atoms with E-state index in [1.807, 2.05) is 51.1 Å². The van der Waals surface area contributed by atoms with E-state index in [0.717, 1.165) is 0 Å². The second-order valence-corrected chi connectivity index (χ2v) is 6.03. The van der Waals surface area contributed by atoms with Crippen molar-refractivity contribution in [2.24, 2.45) is 11.3 Å². The van der Waals surface area contributed by atoms with E-state index in [9.17, 15) is 9.90 Å². The highest BCUT2D eigenvalue weighted by Crippen LogP contribution is 2.24. The van der Waals surface area contributed by atoms with Gasteiger partial charge in [0.15, 0.2) is 0 Å². The Morgan fingerprint density at radius 2 is 1.68 bits per heavy atom. The molecule has 3 unspecified atom stereocenters. The van der Waals surface area contributed by atoms with E-state index in [0.29, 0.717) is 5.75 Å². The lowest BCUT2D eigenvalue weighted by molar-refractivity contribution is -0.135. The van der Waals surface area contributed by atoms with Gasteiger partial charge in [0, 0.05) is 11.3 Å². The highest BCUT2D eigenvalue weighted by molar-refractivity contribution is 5.86. The van der Waals surface area contributed by atoms with E-state index >= 15 is 0 Å². The molecule has 0 fully saturated rings. The predicted molar refractivity (Wildman–Crippen MR) is 76.2 cm³/mol. The Hall–Kier alpha value is -1.35. The highest BCUT2D eigenvalue weighted by atomic mass is 16.5. The molecule has 0 heterocycles. The molecule has 0 aliphatic rings. The minimum atomic E-state index is -0.813. The number of aliphatic hydroxyl groups is 1. The Kier molecular flexibility index (Phi) is 5.12. The van der Waals surface area contributed by atoms with Crippen molar-refractivity contribution in [3.63, 3.8) is 0 Å². The van der Waals surface area contributed by atoms with Gasteiger partial charge in [-0.1, -0.05) is 45.9 Å². The van der Waals surface area contributed by atoms with Gasteiger partial charge in [-0.2, -0.15) is 0 Å². The topological polar surface area (TPSA) is 46.5 Å². The van der Waals surface area contributed by atoms with Gasteiger partial charge in [0.2, 0.25) is 0 Å². The first-order chi connectivity index (χ1) is 8.73. The lowest BCUT2D eigenvalue weighted by atomic mass is 9.80. The van der Waals surface area contributed by atoms with Gasteiger partial charge in [0.05, 0.1) is 6.10 Å². The van der Waals surface area contributed by atoms with Crippen molar-refractivity contribution in [3.05, 3.63) is 30.3 Å². The molecule has 0 radical (unpaired) electrons. The summed E-state index contributed by atoms with van der Waals surface area (Å²) in [5.74, 6) is 0.298. The van der Waals surface area contributed by atoms with Crippen molar-refractivity contribution in [1.29, 1.82) is 0 Å². The van der Waals surface area contributed by atoms with E-state index in [1.54, 1.807) is 13.8 Å². The molecule has 0 saturated heterocycles. The average Bonchev–Trinajstić information content (AvgIpc) is 2.36. The maximum absolute atomic E-state index is 12.1. The molecule has 1 N–H and O–H groups in total. The van der Waals surface area contributed by atoms with Gasteiger partial charge in [-0.25, -0.2) is 0 Å². The number of ether oxygens (including phenoxy) is 1. The van der Waals surface area contributed by atoms with Crippen LogP contribution >= 0.6 is 0 Å². The molecule has 0 aromatic heterocycles. The van der Waals surface area contributed by atoms with Crippen LogP contribution in [0.15, 0.2) is 30.3 Å². The minimum absolute atomic E-state index is 0.0449. The molecule has 0 bridgehead atoms. The fourth-order valence-electron chi connectivity index (χ4n) is 2.03. The number of hydrogen-bond acceptors (Lipinski definition) is 3. The molecule has 3 atom stereocenters. The molecule has 1 aromatic rings. The minimum Gasteiger partial charge on any atom is -0.488 e. The standard InChI is InChI=1S/C16H24O3/c1-11(15(18)16(3,4)5)14(17)12(2)19-13-9-7-6-8-10-13/h6-12,14,17H,1-5H3. The van der Waals surface area contributed by atoms with E-state index in [-0.39, 0.29) is 5.78 Å². The molecular weight excluding hydrogens is 240 g/mol. The van der Waals surface area contributed by atoms with Gasteiger partial charge in [-0.05, 0) is 19.1 Å². The van der Waals surface area contributed by atoms with Crippen LogP contribution in [0.2, 0.25) is 0 Å². The number of hydrogen-bond donors (Lipinski definition) is 1. The number of rotatable bonds is 5. The summed E-state index contributed by atoms with van der Waals surface area (Å²) in [5.41, 5.74) is -0.452. The maximum Gasteiger partial charge on any atom is 0.143 e. The first-order valence-electron chi connectivity index (χ1n) is 6.67. The van der Waals surface area contributed by atoms with Crippen LogP contribution in [0.1, 0.15) is 34.6 Å². The molecule has 3 heteroatoms. The van der Waals surface area contributed by atoms with Crippen LogP contribution in [0.5, 0.6) is 5.75 Å². The molecule has 1 rings (SSSR count). The van der Waals surface area contributed by atoms with Gasteiger partial charge in [0.1, 0.15) is 17.6 Å². The molecule has 1 aromatic carbocycles. The molecular formula is C16H24O3. The summed E-state index contributed by atoms with van der Waals surface area (Å²) in [7, 11) is 0. The lowest BCUT2D eigenvalue weighted by Crippen LogP contribution is -2.41. The van der Waals surface area contributed by atoms with Crippen molar-refractivity contribution in [1.82, 2.24) is 0 Å². The van der Waals surface area contributed by atoms with Crippen LogP contribution in [0.25, 0.3) is 0 Å². The van der Waals surface area contributed by atoms with Gasteiger partial charge in [-0.15, -0.1) is 0 Å². The highest BCUT2D eigenvalue weighted by Gasteiger charge is 2.34. The molecule has 0 aliphatic heterocycles. The zero-order valence-corrected chi connectivity index (χ0v) is 12.4. The second kappa shape index (κ2) is 6.20. The van der Waals surface area contributed by atoms with Crippen LogP contribution < -0.4 is 4.74 Å². The number of carbonyl (C=O) groups excluding carboxylic acids is 1. The Morgan fingerprint density at radius 1 is 1.16 bits per heavy atom. The quantitative estimate of drug-likeness (QED) is 0.889. The smallest absolute Gasteiger partial charge is 0.143 e. The normalized spacial score (nSPS) is 16.5. The number of benzene rings is 1. The zero-order chi connectivity index (χ0) is 14.6. The van der Waals surface area contributed by atoms with Gasteiger partial charge in [0.25, 0.3) is 0 Å². The lowest BCUT2D eigenvalue weighted by Gasteiger charge is -2.29. The summed E-state index contributed by atoms with van der Waals surface area (Å²) in [6, 6.07) is 9.31. The Labute approximate surface area is 115 Å². The van der Waals surface area contributed by atoms with Crippen molar-refractivity contribution in [2.45, 2.75) is 46.8 Å². The summed E-state index contributed by atoms with van der Waals surface area (Å²) in [6.07, 6.45) is -1.24. The van der Waals surface area contributed by atoms with Crippen LogP contribution in [0, 0.1) is 11.3 Å². The van der Waals surface area contributed by atoms with Gasteiger partial charge in [-0.3, -0.25) is 4.79 Å². The molecule has 0 aliphatic carbocycles. The molecule has 0 spiro atoms. The summed E-state index contributed by atoms with van der Waals surface area (Å²) >= 11 is 0. The third kappa shape index (κ3) is 4.35. The Morgan fingerprint density at radius 3 is 2.16 bits per heavy atom. The number of para-hydroxylation sites is 1. The number of Topliss-reactive ketones (excluding diaryl/α,β-unsaturated/α-hetero) is 1. The molecule has 106 valence electrons. The summed E-state index contributed by atoms with van der Waals surface area (Å²) in [4.78, 5) is 12.1. The van der Waals surface area contributed by atoms with E-state index < -0.39 is 23.5 Å². The van der Waals surface area contributed by atoms with Crippen molar-refractivity contribution < 1.29 is 14.6 Å². The zero-order valence-electron chi connectivity index (χ0n) is 12.4. The SMILES string of the molecule is CC(Oc1ccccc1)C(O)C(C)C(=O)C(C)(C)C. The Bertz CT molecular complexity index is 406. The maximum atomic E-state index is 12.1. The monoisotopic (exact) mass is 264 g/mol. The third-order valence-electron chi connectivity index (χ3n) is 3.21. The van der Waals surface area contributed by atoms with Crippen LogP contribution in [0.4, 0.5) is 0 Å². The summed E-state index contributed by atoms with van der Waals surface area (Å²) in [5, 5.41) is 10.2. The first-order valence-corrected chi connectivity index (χ1v) is 6.67. The molecule has 0 amide bonds. The third-order valence-corrected chi connectivity index (χ3v) is 3.21. The first kappa shape index (κ1) is 15.7. The van der Waals surface area contributed by atoms with E-state index in [1.165, 1.54) is 0 Å². The molecule has 3 nitrogen and oxygen atoms in total. The van der Waals surface area contributed by atoms with Crippen molar-refractivity contribution >= 4 is 5.78 Å². The van der Waals surface area contributed by atoms with Crippen molar-refractivity contribution in [3.8, 4) is 5.75 Å². The largest absolute Gasteiger partial charge is 0.488 e. The Balaban J connectivity index is 2.67. The number of carbonyl (C=O) groups is 1. The average molecular weight is 264 g/mol. The summed E-state index contributed by atoms with van der Waals surface area (Å²) in [6.45, 7) is 9.12. The van der Waals surface area contributed by atoms with E-state index in [4.69, 9.17) is 4.74 Å². The molecule has 19 heavy (non-hydrogen) atoms. The number of ketones is 1.